The summed E-state index contributed by atoms with van der Waals surface area (Å²) in [5.41, 5.74) is 2.38. The van der Waals surface area contributed by atoms with Gasteiger partial charge in [-0.05, 0) is 42.3 Å². The topological polar surface area (TPSA) is 77.1 Å². The third kappa shape index (κ3) is 5.44. The number of hydrogen-bond donors (Lipinski definition) is 1. The van der Waals surface area contributed by atoms with Crippen LogP contribution in [0.3, 0.4) is 0 Å². The summed E-state index contributed by atoms with van der Waals surface area (Å²) in [5, 5.41) is 2.89. The number of methoxy groups -OCH3 is 1. The summed E-state index contributed by atoms with van der Waals surface area (Å²) >= 11 is 0. The van der Waals surface area contributed by atoms with Gasteiger partial charge in [0.15, 0.2) is 11.5 Å². The maximum Gasteiger partial charge on any atom is 0.246 e. The highest BCUT2D eigenvalue weighted by molar-refractivity contribution is 5.97. The van der Waals surface area contributed by atoms with E-state index in [9.17, 15) is 9.59 Å². The largest absolute Gasteiger partial charge is 0.497 e. The third-order valence-electron chi connectivity index (χ3n) is 5.52. The normalized spacial score (nSPS) is 12.7. The molecule has 170 valence electrons. The maximum atomic E-state index is 13.3. The SMILES string of the molecule is COc1ccc(CN(C(=O)Cc2ccccc2)C(C)C(=O)Nc2ccc3c(c2)OCO3)cc1. The van der Waals surface area contributed by atoms with Crippen molar-refractivity contribution in [1.82, 2.24) is 4.90 Å². The number of benzene rings is 3. The molecule has 1 aliphatic heterocycles. The van der Waals surface area contributed by atoms with Crippen molar-refractivity contribution in [3.63, 3.8) is 0 Å². The molecule has 1 unspecified atom stereocenters. The zero-order valence-corrected chi connectivity index (χ0v) is 18.6. The predicted molar refractivity (Wildman–Crippen MR) is 124 cm³/mol. The zero-order valence-electron chi connectivity index (χ0n) is 18.6. The lowest BCUT2D eigenvalue weighted by Crippen LogP contribution is -2.45. The van der Waals surface area contributed by atoms with Crippen LogP contribution in [-0.4, -0.2) is 36.7 Å². The van der Waals surface area contributed by atoms with Gasteiger partial charge in [-0.3, -0.25) is 9.59 Å². The summed E-state index contributed by atoms with van der Waals surface area (Å²) in [6.45, 7) is 2.19. The Morgan fingerprint density at radius 3 is 2.42 bits per heavy atom. The maximum absolute atomic E-state index is 13.3. The molecule has 1 heterocycles. The van der Waals surface area contributed by atoms with Gasteiger partial charge in [0.2, 0.25) is 18.6 Å². The van der Waals surface area contributed by atoms with Crippen molar-refractivity contribution in [3.8, 4) is 17.2 Å². The highest BCUT2D eigenvalue weighted by atomic mass is 16.7. The zero-order chi connectivity index (χ0) is 23.2. The number of hydrogen-bond acceptors (Lipinski definition) is 5. The third-order valence-corrected chi connectivity index (χ3v) is 5.52. The van der Waals surface area contributed by atoms with E-state index in [4.69, 9.17) is 14.2 Å². The van der Waals surface area contributed by atoms with Crippen LogP contribution in [0.2, 0.25) is 0 Å². The standard InChI is InChI=1S/C26H26N2O5/c1-18(26(30)27-21-10-13-23-24(15-21)33-17-32-23)28(16-20-8-11-22(31-2)12-9-20)25(29)14-19-6-4-3-5-7-19/h3-13,15,18H,14,16-17H2,1-2H3,(H,27,30). The van der Waals surface area contributed by atoms with Crippen LogP contribution in [0, 0.1) is 0 Å². The van der Waals surface area contributed by atoms with Gasteiger partial charge in [0.05, 0.1) is 13.5 Å². The van der Waals surface area contributed by atoms with E-state index in [-0.39, 0.29) is 25.0 Å². The fourth-order valence-corrected chi connectivity index (χ4v) is 3.60. The summed E-state index contributed by atoms with van der Waals surface area (Å²) in [7, 11) is 1.60. The highest BCUT2D eigenvalue weighted by Gasteiger charge is 2.27. The molecule has 0 radical (unpaired) electrons. The molecule has 1 aliphatic rings. The molecule has 7 nitrogen and oxygen atoms in total. The number of ether oxygens (including phenoxy) is 3. The van der Waals surface area contributed by atoms with Crippen LogP contribution in [0.15, 0.2) is 72.8 Å². The smallest absolute Gasteiger partial charge is 0.246 e. The highest BCUT2D eigenvalue weighted by Crippen LogP contribution is 2.34. The minimum absolute atomic E-state index is 0.134. The second-order valence-electron chi connectivity index (χ2n) is 7.77. The summed E-state index contributed by atoms with van der Waals surface area (Å²) in [5.74, 6) is 1.53. The summed E-state index contributed by atoms with van der Waals surface area (Å²) in [4.78, 5) is 28.0. The van der Waals surface area contributed by atoms with Gasteiger partial charge in [0.25, 0.3) is 0 Å². The first-order chi connectivity index (χ1) is 16.0. The quantitative estimate of drug-likeness (QED) is 0.566. The Kier molecular flexibility index (Phi) is 6.78. The lowest BCUT2D eigenvalue weighted by Gasteiger charge is -2.29. The van der Waals surface area contributed by atoms with Crippen LogP contribution in [0.4, 0.5) is 5.69 Å². The molecule has 0 aliphatic carbocycles. The number of rotatable bonds is 8. The molecular formula is C26H26N2O5. The van der Waals surface area contributed by atoms with Crippen LogP contribution in [0.25, 0.3) is 0 Å². The van der Waals surface area contributed by atoms with Gasteiger partial charge >= 0.3 is 0 Å². The predicted octanol–water partition coefficient (Wildman–Crippen LogP) is 4.02. The van der Waals surface area contributed by atoms with Crippen LogP contribution in [0.5, 0.6) is 17.2 Å². The van der Waals surface area contributed by atoms with E-state index in [2.05, 4.69) is 5.32 Å². The Balaban J connectivity index is 1.52. The van der Waals surface area contributed by atoms with E-state index in [1.807, 2.05) is 54.6 Å². The molecule has 7 heteroatoms. The Morgan fingerprint density at radius 2 is 1.70 bits per heavy atom. The number of amides is 2. The van der Waals surface area contributed by atoms with Gasteiger partial charge in [-0.15, -0.1) is 0 Å². The van der Waals surface area contributed by atoms with E-state index < -0.39 is 6.04 Å². The van der Waals surface area contributed by atoms with Gasteiger partial charge in [-0.2, -0.15) is 0 Å². The summed E-state index contributed by atoms with van der Waals surface area (Å²) in [6, 6.07) is 21.5. The molecule has 0 bridgehead atoms. The van der Waals surface area contributed by atoms with Gasteiger partial charge in [0.1, 0.15) is 11.8 Å². The molecule has 0 fully saturated rings. The summed E-state index contributed by atoms with van der Waals surface area (Å²) < 4.78 is 15.9. The average Bonchev–Trinajstić information content (AvgIpc) is 3.31. The summed E-state index contributed by atoms with van der Waals surface area (Å²) in [6.07, 6.45) is 0.207. The van der Waals surface area contributed by atoms with E-state index in [1.54, 1.807) is 37.1 Å². The van der Waals surface area contributed by atoms with Crippen molar-refractivity contribution in [2.24, 2.45) is 0 Å². The van der Waals surface area contributed by atoms with Crippen molar-refractivity contribution in [3.05, 3.63) is 83.9 Å². The minimum atomic E-state index is -0.700. The Morgan fingerprint density at radius 1 is 0.970 bits per heavy atom. The second-order valence-corrected chi connectivity index (χ2v) is 7.77. The monoisotopic (exact) mass is 446 g/mol. The van der Waals surface area contributed by atoms with E-state index >= 15 is 0 Å². The van der Waals surface area contributed by atoms with Gasteiger partial charge in [-0.25, -0.2) is 0 Å². The number of carbonyl (C=O) groups excluding carboxylic acids is 2. The van der Waals surface area contributed by atoms with Crippen LogP contribution in [-0.2, 0) is 22.6 Å². The van der Waals surface area contributed by atoms with Gasteiger partial charge < -0.3 is 24.4 Å². The molecule has 0 saturated carbocycles. The van der Waals surface area contributed by atoms with Crippen LogP contribution < -0.4 is 19.5 Å². The first-order valence-corrected chi connectivity index (χ1v) is 10.7. The van der Waals surface area contributed by atoms with Crippen molar-refractivity contribution < 1.29 is 23.8 Å². The van der Waals surface area contributed by atoms with Crippen LogP contribution >= 0.6 is 0 Å². The number of nitrogens with one attached hydrogen (secondary N) is 1. The lowest BCUT2D eigenvalue weighted by molar-refractivity contribution is -0.138. The lowest BCUT2D eigenvalue weighted by atomic mass is 10.1. The Bertz CT molecular complexity index is 1120. The average molecular weight is 447 g/mol. The fraction of sp³-hybridized carbons (Fsp3) is 0.231. The molecule has 3 aromatic rings. The molecule has 1 N–H and O–H groups in total. The first-order valence-electron chi connectivity index (χ1n) is 10.7. The van der Waals surface area contributed by atoms with Crippen LogP contribution in [0.1, 0.15) is 18.1 Å². The first kappa shape index (κ1) is 22.2. The number of carbonyl (C=O) groups is 2. The molecule has 4 rings (SSSR count). The Hall–Kier alpha value is -4.00. The molecule has 0 spiro atoms. The van der Waals surface area contributed by atoms with E-state index in [1.165, 1.54) is 0 Å². The molecular weight excluding hydrogens is 420 g/mol. The Labute approximate surface area is 192 Å². The number of fused-ring (bicyclic) bond motifs is 1. The fourth-order valence-electron chi connectivity index (χ4n) is 3.60. The van der Waals surface area contributed by atoms with E-state index in [0.717, 1.165) is 16.9 Å². The van der Waals surface area contributed by atoms with Crippen molar-refractivity contribution in [2.45, 2.75) is 25.9 Å². The van der Waals surface area contributed by atoms with E-state index in [0.29, 0.717) is 23.7 Å². The molecule has 1 atom stereocenters. The van der Waals surface area contributed by atoms with Crippen molar-refractivity contribution >= 4 is 17.5 Å². The van der Waals surface area contributed by atoms with Crippen molar-refractivity contribution in [2.75, 3.05) is 19.2 Å². The number of anilines is 1. The number of nitrogens with zero attached hydrogens (tertiary/aromatic N) is 1. The minimum Gasteiger partial charge on any atom is -0.497 e. The molecule has 0 saturated heterocycles. The second kappa shape index (κ2) is 10.1. The molecule has 2 amide bonds. The van der Waals surface area contributed by atoms with Gasteiger partial charge in [-0.1, -0.05) is 42.5 Å². The van der Waals surface area contributed by atoms with Gasteiger partial charge in [0, 0.05) is 18.3 Å². The molecule has 3 aromatic carbocycles. The molecule has 0 aromatic heterocycles. The molecule has 33 heavy (non-hydrogen) atoms. The van der Waals surface area contributed by atoms with Crippen molar-refractivity contribution in [1.29, 1.82) is 0 Å².